The number of carbonyl (C=O) groups excluding carboxylic acids is 1. The van der Waals surface area contributed by atoms with Gasteiger partial charge in [0, 0.05) is 18.9 Å². The highest BCUT2D eigenvalue weighted by Gasteiger charge is 2.19. The monoisotopic (exact) mass is 330 g/mol. The first-order chi connectivity index (χ1) is 11.7. The average Bonchev–Trinajstić information content (AvgIpc) is 2.61. The van der Waals surface area contributed by atoms with Crippen LogP contribution in [0, 0.1) is 5.82 Å². The van der Waals surface area contributed by atoms with Crippen molar-refractivity contribution < 1.29 is 13.9 Å². The first-order valence-corrected chi connectivity index (χ1v) is 8.13. The van der Waals surface area contributed by atoms with Gasteiger partial charge in [0.1, 0.15) is 11.9 Å². The number of halogens is 1. The Bertz CT molecular complexity index is 617. The average molecular weight is 330 g/mol. The molecule has 2 rings (SSSR count). The molecule has 24 heavy (non-hydrogen) atoms. The molecular weight excluding hydrogens is 307 g/mol. The molecule has 0 saturated heterocycles. The fourth-order valence-electron chi connectivity index (χ4n) is 2.32. The van der Waals surface area contributed by atoms with Crippen molar-refractivity contribution in [2.45, 2.75) is 19.4 Å². The number of hydrogen-bond donors (Lipinski definition) is 2. The predicted octanol–water partition coefficient (Wildman–Crippen LogP) is 3.52. The van der Waals surface area contributed by atoms with Crippen molar-refractivity contribution in [2.24, 2.45) is 0 Å². The summed E-state index contributed by atoms with van der Waals surface area (Å²) in [5.41, 5.74) is 1.45. The number of carbonyl (C=O) groups is 1. The van der Waals surface area contributed by atoms with Crippen molar-refractivity contribution in [3.05, 3.63) is 66.0 Å². The molecule has 0 aliphatic rings. The predicted molar refractivity (Wildman–Crippen MR) is 93.3 cm³/mol. The van der Waals surface area contributed by atoms with Gasteiger partial charge in [0.25, 0.3) is 0 Å². The summed E-state index contributed by atoms with van der Waals surface area (Å²) in [4.78, 5) is 12.6. The van der Waals surface area contributed by atoms with Crippen LogP contribution in [0.2, 0.25) is 0 Å². The van der Waals surface area contributed by atoms with Gasteiger partial charge in [0.05, 0.1) is 0 Å². The second-order valence-electron chi connectivity index (χ2n) is 5.34. The van der Waals surface area contributed by atoms with Gasteiger partial charge in [-0.15, -0.1) is 0 Å². The largest absolute Gasteiger partial charge is 0.382 e. The summed E-state index contributed by atoms with van der Waals surface area (Å²) in [6.07, 6.45) is 0.820. The minimum atomic E-state index is -0.474. The van der Waals surface area contributed by atoms with E-state index in [0.717, 1.165) is 12.0 Å². The Morgan fingerprint density at radius 2 is 1.83 bits per heavy atom. The number of anilines is 1. The Kier molecular flexibility index (Phi) is 7.39. The lowest BCUT2D eigenvalue weighted by Crippen LogP contribution is -2.34. The van der Waals surface area contributed by atoms with Gasteiger partial charge in [-0.05, 0) is 49.7 Å². The lowest BCUT2D eigenvalue weighted by Gasteiger charge is -2.19. The van der Waals surface area contributed by atoms with Gasteiger partial charge in [0.15, 0.2) is 0 Å². The molecule has 0 aliphatic carbocycles. The summed E-state index contributed by atoms with van der Waals surface area (Å²) >= 11 is 0. The molecule has 0 unspecified atom stereocenters. The highest BCUT2D eigenvalue weighted by molar-refractivity contribution is 5.95. The molecule has 128 valence electrons. The zero-order valence-electron chi connectivity index (χ0n) is 13.8. The normalized spacial score (nSPS) is 11.9. The molecule has 1 atom stereocenters. The van der Waals surface area contributed by atoms with E-state index in [-0.39, 0.29) is 11.7 Å². The number of hydrogen-bond acceptors (Lipinski definition) is 3. The Morgan fingerprint density at radius 3 is 2.50 bits per heavy atom. The lowest BCUT2D eigenvalue weighted by atomic mass is 10.1. The van der Waals surface area contributed by atoms with Gasteiger partial charge in [-0.1, -0.05) is 30.3 Å². The van der Waals surface area contributed by atoms with E-state index in [1.807, 2.05) is 37.3 Å². The van der Waals surface area contributed by atoms with E-state index >= 15 is 0 Å². The SMILES string of the molecule is CCOCCCN[C@@H](C(=O)Nc1ccc(F)cc1)c1ccccc1. The number of rotatable bonds is 9. The van der Waals surface area contributed by atoms with Crippen molar-refractivity contribution in [3.63, 3.8) is 0 Å². The third-order valence-electron chi connectivity index (χ3n) is 3.52. The molecule has 0 saturated carbocycles. The molecule has 2 aromatic carbocycles. The van der Waals surface area contributed by atoms with Crippen molar-refractivity contribution in [2.75, 3.05) is 25.1 Å². The van der Waals surface area contributed by atoms with Gasteiger partial charge >= 0.3 is 0 Å². The van der Waals surface area contributed by atoms with E-state index in [9.17, 15) is 9.18 Å². The highest BCUT2D eigenvalue weighted by Crippen LogP contribution is 2.16. The minimum Gasteiger partial charge on any atom is -0.382 e. The molecule has 0 spiro atoms. The number of benzene rings is 2. The van der Waals surface area contributed by atoms with Gasteiger partial charge < -0.3 is 15.4 Å². The lowest BCUT2D eigenvalue weighted by molar-refractivity contribution is -0.118. The third-order valence-corrected chi connectivity index (χ3v) is 3.52. The Labute approximate surface area is 142 Å². The van der Waals surface area contributed by atoms with Gasteiger partial charge in [-0.2, -0.15) is 0 Å². The van der Waals surface area contributed by atoms with Crippen LogP contribution in [-0.2, 0) is 9.53 Å². The van der Waals surface area contributed by atoms with Gasteiger partial charge in [-0.25, -0.2) is 4.39 Å². The maximum atomic E-state index is 13.0. The number of amides is 1. The number of ether oxygens (including phenoxy) is 1. The Morgan fingerprint density at radius 1 is 1.12 bits per heavy atom. The molecule has 0 radical (unpaired) electrons. The van der Waals surface area contributed by atoms with Crippen molar-refractivity contribution in [1.29, 1.82) is 0 Å². The third kappa shape index (κ3) is 5.76. The van der Waals surface area contributed by atoms with Gasteiger partial charge in [-0.3, -0.25) is 4.79 Å². The summed E-state index contributed by atoms with van der Waals surface area (Å²) in [5.74, 6) is -0.508. The Hall–Kier alpha value is -2.24. The summed E-state index contributed by atoms with van der Waals surface area (Å²) in [5, 5.41) is 6.08. The van der Waals surface area contributed by atoms with Gasteiger partial charge in [0.2, 0.25) is 5.91 Å². The van der Waals surface area contributed by atoms with E-state index in [0.29, 0.717) is 25.4 Å². The molecule has 0 aromatic heterocycles. The van der Waals surface area contributed by atoms with Crippen LogP contribution < -0.4 is 10.6 Å². The van der Waals surface area contributed by atoms with Crippen molar-refractivity contribution in [3.8, 4) is 0 Å². The van der Waals surface area contributed by atoms with Crippen LogP contribution in [0.4, 0.5) is 10.1 Å². The second-order valence-corrected chi connectivity index (χ2v) is 5.34. The molecule has 5 heteroatoms. The minimum absolute atomic E-state index is 0.177. The molecule has 4 nitrogen and oxygen atoms in total. The Balaban J connectivity index is 2.01. The fourth-order valence-corrected chi connectivity index (χ4v) is 2.32. The zero-order valence-corrected chi connectivity index (χ0v) is 13.8. The summed E-state index contributed by atoms with van der Waals surface area (Å²) in [6.45, 7) is 3.96. The molecule has 2 N–H and O–H groups in total. The van der Waals surface area contributed by atoms with E-state index in [1.165, 1.54) is 12.1 Å². The van der Waals surface area contributed by atoms with Crippen LogP contribution in [-0.4, -0.2) is 25.7 Å². The summed E-state index contributed by atoms with van der Waals surface area (Å²) in [7, 11) is 0. The fraction of sp³-hybridized carbons (Fsp3) is 0.316. The van der Waals surface area contributed by atoms with Crippen LogP contribution in [0.3, 0.4) is 0 Å². The standard InChI is InChI=1S/C19H23FN2O2/c1-2-24-14-6-13-21-18(15-7-4-3-5-8-15)19(23)22-17-11-9-16(20)10-12-17/h3-5,7-12,18,21H,2,6,13-14H2,1H3,(H,22,23)/t18-/m1/s1. The van der Waals surface area contributed by atoms with E-state index < -0.39 is 6.04 Å². The first-order valence-electron chi connectivity index (χ1n) is 8.13. The molecule has 0 aliphatic heterocycles. The summed E-state index contributed by atoms with van der Waals surface area (Å²) < 4.78 is 18.3. The second kappa shape index (κ2) is 9.80. The molecule has 2 aromatic rings. The molecule has 0 bridgehead atoms. The van der Waals surface area contributed by atoms with Crippen molar-refractivity contribution in [1.82, 2.24) is 5.32 Å². The molecule has 0 fully saturated rings. The van der Waals surface area contributed by atoms with E-state index in [2.05, 4.69) is 10.6 Å². The zero-order chi connectivity index (χ0) is 17.2. The molecule has 0 heterocycles. The molecule has 1 amide bonds. The van der Waals surface area contributed by atoms with Crippen LogP contribution >= 0.6 is 0 Å². The maximum absolute atomic E-state index is 13.0. The maximum Gasteiger partial charge on any atom is 0.246 e. The van der Waals surface area contributed by atoms with E-state index in [4.69, 9.17) is 4.74 Å². The number of nitrogens with one attached hydrogen (secondary N) is 2. The smallest absolute Gasteiger partial charge is 0.246 e. The first kappa shape index (κ1) is 18.1. The van der Waals surface area contributed by atoms with Crippen LogP contribution in [0.1, 0.15) is 24.9 Å². The van der Waals surface area contributed by atoms with Crippen LogP contribution in [0.5, 0.6) is 0 Å². The molecular formula is C19H23FN2O2. The van der Waals surface area contributed by atoms with Crippen molar-refractivity contribution >= 4 is 11.6 Å². The summed E-state index contributed by atoms with van der Waals surface area (Å²) in [6, 6.07) is 14.8. The quantitative estimate of drug-likeness (QED) is 0.692. The topological polar surface area (TPSA) is 50.4 Å². The van der Waals surface area contributed by atoms with Crippen LogP contribution in [0.25, 0.3) is 0 Å². The van der Waals surface area contributed by atoms with Crippen LogP contribution in [0.15, 0.2) is 54.6 Å². The van der Waals surface area contributed by atoms with E-state index in [1.54, 1.807) is 12.1 Å². The highest BCUT2D eigenvalue weighted by atomic mass is 19.1.